The number of carbonyl (C=O) groups is 3. The molecule has 3 aromatic rings. The predicted molar refractivity (Wildman–Crippen MR) is 139 cm³/mol. The van der Waals surface area contributed by atoms with Crippen molar-refractivity contribution in [2.24, 2.45) is 0 Å². The number of pyridine rings is 2. The largest absolute Gasteiger partial charge is 0.446 e. The summed E-state index contributed by atoms with van der Waals surface area (Å²) in [4.78, 5) is 50.5. The lowest BCUT2D eigenvalue weighted by atomic mass is 9.87. The summed E-state index contributed by atoms with van der Waals surface area (Å²) in [5, 5.41) is 11.9. The van der Waals surface area contributed by atoms with Crippen molar-refractivity contribution in [2.75, 3.05) is 16.4 Å². The molecule has 1 saturated carbocycles. The van der Waals surface area contributed by atoms with Crippen molar-refractivity contribution in [3.8, 4) is 6.07 Å². The Labute approximate surface area is 236 Å². The number of aromatic nitrogens is 2. The molecular weight excluding hydrogens is 565 g/mol. The summed E-state index contributed by atoms with van der Waals surface area (Å²) in [5.41, 5.74) is 0.0847. The topological polar surface area (TPSA) is 129 Å². The summed E-state index contributed by atoms with van der Waals surface area (Å²) < 4.78 is 46.7. The molecule has 2 aromatic heterocycles. The van der Waals surface area contributed by atoms with Gasteiger partial charge in [-0.15, -0.1) is 0 Å². The Morgan fingerprint density at radius 2 is 1.98 bits per heavy atom. The molecule has 0 bridgehead atoms. The number of hydrogen-bond acceptors (Lipinski definition) is 7. The highest BCUT2D eigenvalue weighted by atomic mass is 35.5. The van der Waals surface area contributed by atoms with Gasteiger partial charge in [-0.1, -0.05) is 29.8 Å². The number of hydrogen-bond donors (Lipinski definition) is 1. The molecule has 3 heterocycles. The summed E-state index contributed by atoms with van der Waals surface area (Å²) in [6.07, 6.45) is 1.15. The summed E-state index contributed by atoms with van der Waals surface area (Å²) in [7, 11) is 0. The van der Waals surface area contributed by atoms with Gasteiger partial charge in [0, 0.05) is 41.7 Å². The Balaban J connectivity index is 1.61. The Hall–Kier alpha value is -4.70. The van der Waals surface area contributed by atoms with E-state index in [1.807, 2.05) is 6.07 Å². The fourth-order valence-electron chi connectivity index (χ4n) is 4.71. The normalized spacial score (nSPS) is 18.6. The lowest BCUT2D eigenvalue weighted by Crippen LogP contribution is -2.56. The summed E-state index contributed by atoms with van der Waals surface area (Å²) in [6.45, 7) is -0.471. The van der Waals surface area contributed by atoms with Crippen molar-refractivity contribution >= 4 is 41.0 Å². The molecule has 0 unspecified atom stereocenters. The molecule has 1 saturated heterocycles. The van der Waals surface area contributed by atoms with E-state index in [0.717, 1.165) is 28.3 Å². The zero-order valence-electron chi connectivity index (χ0n) is 21.0. The Morgan fingerprint density at radius 3 is 2.66 bits per heavy atom. The van der Waals surface area contributed by atoms with Crippen molar-refractivity contribution in [1.82, 2.24) is 15.3 Å². The van der Waals surface area contributed by atoms with Gasteiger partial charge in [0.05, 0.1) is 29.7 Å². The molecule has 0 spiro atoms. The smallest absolute Gasteiger partial charge is 0.416 e. The molecule has 2 aliphatic rings. The number of cyclic esters (lactones) is 1. The van der Waals surface area contributed by atoms with E-state index in [-0.39, 0.29) is 27.7 Å². The summed E-state index contributed by atoms with van der Waals surface area (Å²) in [6, 6.07) is 7.71. The van der Waals surface area contributed by atoms with Gasteiger partial charge < -0.3 is 10.1 Å². The van der Waals surface area contributed by atoms with Gasteiger partial charge in [0.1, 0.15) is 24.3 Å². The minimum Gasteiger partial charge on any atom is -0.446 e. The van der Waals surface area contributed by atoms with Crippen molar-refractivity contribution < 1.29 is 32.3 Å². The molecule has 0 radical (unpaired) electrons. The number of amides is 3. The number of nitrogens with zero attached hydrogens (tertiary/aromatic N) is 5. The second-order valence-electron chi connectivity index (χ2n) is 9.44. The first-order chi connectivity index (χ1) is 19.6. The van der Waals surface area contributed by atoms with Crippen LogP contribution in [0.2, 0.25) is 5.02 Å². The highest BCUT2D eigenvalue weighted by molar-refractivity contribution is 6.31. The number of rotatable bonds is 7. The number of anilines is 2. The molecule has 5 rings (SSSR count). The molecule has 1 N–H and O–H groups in total. The molecule has 1 aromatic carbocycles. The predicted octanol–water partition coefficient (Wildman–Crippen LogP) is 4.15. The van der Waals surface area contributed by atoms with Crippen LogP contribution < -0.4 is 15.1 Å². The average molecular weight is 585 g/mol. The van der Waals surface area contributed by atoms with Crippen LogP contribution in [0.25, 0.3) is 0 Å². The summed E-state index contributed by atoms with van der Waals surface area (Å²) >= 11 is 6.44. The number of benzene rings is 1. The Kier molecular flexibility index (Phi) is 7.51. The van der Waals surface area contributed by atoms with Crippen LogP contribution in [-0.4, -0.2) is 52.5 Å². The zero-order chi connectivity index (χ0) is 29.3. The Bertz CT molecular complexity index is 1560. The van der Waals surface area contributed by atoms with Crippen molar-refractivity contribution in [3.63, 3.8) is 0 Å². The summed E-state index contributed by atoms with van der Waals surface area (Å²) in [5.74, 6) is -5.62. The molecular formula is C27H20ClF3N6O4. The van der Waals surface area contributed by atoms with E-state index in [2.05, 4.69) is 15.3 Å². The van der Waals surface area contributed by atoms with E-state index in [4.69, 9.17) is 16.3 Å². The van der Waals surface area contributed by atoms with Crippen LogP contribution in [0.15, 0.2) is 61.1 Å². The fourth-order valence-corrected chi connectivity index (χ4v) is 4.95. The van der Waals surface area contributed by atoms with Crippen molar-refractivity contribution in [3.05, 3.63) is 83.0 Å². The minimum atomic E-state index is -2.94. The molecule has 210 valence electrons. The zero-order valence-corrected chi connectivity index (χ0v) is 21.8. The van der Waals surface area contributed by atoms with E-state index in [0.29, 0.717) is 0 Å². The van der Waals surface area contributed by atoms with Gasteiger partial charge in [-0.25, -0.2) is 27.8 Å². The minimum absolute atomic E-state index is 0.0627. The first-order valence-corrected chi connectivity index (χ1v) is 12.6. The van der Waals surface area contributed by atoms with E-state index < -0.39 is 67.2 Å². The lowest BCUT2D eigenvalue weighted by molar-refractivity contribution is -0.133. The number of nitrogens with one attached hydrogen (secondary N) is 1. The van der Waals surface area contributed by atoms with E-state index >= 15 is 0 Å². The maximum absolute atomic E-state index is 14.4. The first-order valence-electron chi connectivity index (χ1n) is 12.3. The van der Waals surface area contributed by atoms with Crippen LogP contribution in [0.1, 0.15) is 30.0 Å². The molecule has 10 nitrogen and oxygen atoms in total. The molecule has 2 fully saturated rings. The molecule has 14 heteroatoms. The van der Waals surface area contributed by atoms with Gasteiger partial charge in [-0.3, -0.25) is 19.5 Å². The monoisotopic (exact) mass is 584 g/mol. The molecule has 41 heavy (non-hydrogen) atoms. The highest BCUT2D eigenvalue weighted by Crippen LogP contribution is 2.39. The number of halogens is 4. The van der Waals surface area contributed by atoms with Gasteiger partial charge in [0.25, 0.3) is 11.8 Å². The van der Waals surface area contributed by atoms with Crippen LogP contribution in [0.5, 0.6) is 0 Å². The van der Waals surface area contributed by atoms with Gasteiger partial charge in [-0.05, 0) is 18.2 Å². The number of nitriles is 1. The highest BCUT2D eigenvalue weighted by Gasteiger charge is 2.49. The van der Waals surface area contributed by atoms with Gasteiger partial charge >= 0.3 is 6.09 Å². The first kappa shape index (κ1) is 27.9. The maximum atomic E-state index is 14.4. The van der Waals surface area contributed by atoms with Gasteiger partial charge in [0.2, 0.25) is 5.91 Å². The second-order valence-corrected chi connectivity index (χ2v) is 9.85. The second kappa shape index (κ2) is 11.1. The van der Waals surface area contributed by atoms with Crippen LogP contribution in [-0.2, 0) is 14.3 Å². The third kappa shape index (κ3) is 5.64. The third-order valence-corrected chi connectivity index (χ3v) is 6.97. The Morgan fingerprint density at radius 1 is 1.22 bits per heavy atom. The van der Waals surface area contributed by atoms with E-state index in [1.54, 1.807) is 12.1 Å². The SMILES string of the molecule is N#Cc1ccnc(N2C(=O)OC[C@H]2C(=O)N(c2cncc(F)c2)[C@H](C(=O)NC2CC(F)(F)C2)c2ccccc2Cl)c1. The van der Waals surface area contributed by atoms with Crippen LogP contribution in [0, 0.1) is 17.1 Å². The quantitative estimate of drug-likeness (QED) is 0.442. The van der Waals surface area contributed by atoms with Gasteiger partial charge in [0.15, 0.2) is 6.04 Å². The maximum Gasteiger partial charge on any atom is 0.416 e. The number of carbonyl (C=O) groups excluding carboxylic acids is 3. The van der Waals surface area contributed by atoms with E-state index in [1.165, 1.54) is 30.5 Å². The standard InChI is InChI=1S/C27H20ClF3N6O4/c28-20-4-2-1-3-19(20)23(24(38)35-17-9-27(30,31)10-17)36(18-8-16(29)12-33-13-18)25(39)21-14-41-26(40)37(21)22-7-15(11-32)5-6-34-22/h1-8,12-13,17,21,23H,9-10,14H2,(H,35,38)/t21-,23-/m0/s1. The number of ether oxygens (including phenoxy) is 1. The van der Waals surface area contributed by atoms with Crippen molar-refractivity contribution in [1.29, 1.82) is 5.26 Å². The van der Waals surface area contributed by atoms with Crippen LogP contribution in [0.3, 0.4) is 0 Å². The van der Waals surface area contributed by atoms with Crippen LogP contribution in [0.4, 0.5) is 29.5 Å². The molecule has 3 amide bonds. The van der Waals surface area contributed by atoms with Gasteiger partial charge in [-0.2, -0.15) is 5.26 Å². The third-order valence-electron chi connectivity index (χ3n) is 6.63. The van der Waals surface area contributed by atoms with Crippen molar-refractivity contribution in [2.45, 2.75) is 36.9 Å². The number of alkyl halides is 2. The lowest BCUT2D eigenvalue weighted by Gasteiger charge is -2.38. The van der Waals surface area contributed by atoms with Crippen LogP contribution >= 0.6 is 11.6 Å². The molecule has 1 aliphatic heterocycles. The molecule has 1 aliphatic carbocycles. The van der Waals surface area contributed by atoms with E-state index in [9.17, 15) is 32.8 Å². The fraction of sp³-hybridized carbons (Fsp3) is 0.259. The molecule has 2 atom stereocenters. The average Bonchev–Trinajstić information content (AvgIpc) is 3.32.